The van der Waals surface area contributed by atoms with Crippen molar-refractivity contribution in [3.63, 3.8) is 0 Å². The number of esters is 1. The lowest BCUT2D eigenvalue weighted by molar-refractivity contribution is -0.137. The first kappa shape index (κ1) is 12.8. The van der Waals surface area contributed by atoms with Gasteiger partial charge in [0.15, 0.2) is 0 Å². The first-order valence-corrected chi connectivity index (χ1v) is 6.28. The first-order valence-electron chi connectivity index (χ1n) is 5.30. The Bertz CT molecular complexity index is 322. The van der Waals surface area contributed by atoms with Crippen LogP contribution in [0.2, 0.25) is 0 Å². The van der Waals surface area contributed by atoms with E-state index in [0.717, 1.165) is 18.6 Å². The van der Waals surface area contributed by atoms with Gasteiger partial charge >= 0.3 is 5.97 Å². The van der Waals surface area contributed by atoms with E-state index in [1.165, 1.54) is 11.0 Å². The molecule has 0 saturated carbocycles. The molecule has 0 aliphatic rings. The summed E-state index contributed by atoms with van der Waals surface area (Å²) in [6, 6.07) is 10.3. The summed E-state index contributed by atoms with van der Waals surface area (Å²) in [6.45, 7) is 3.82. The number of hydrogen-bond donors (Lipinski definition) is 0. The molecule has 0 unspecified atom stereocenters. The first-order chi connectivity index (χ1) is 7.83. The van der Waals surface area contributed by atoms with E-state index in [1.54, 1.807) is 0 Å². The fourth-order valence-corrected chi connectivity index (χ4v) is 2.08. The van der Waals surface area contributed by atoms with E-state index in [9.17, 15) is 4.79 Å². The SMILES string of the molecule is C=CC(=O)OCCCCSc1ccccc1. The lowest BCUT2D eigenvalue weighted by Crippen LogP contribution is -2.01. The molecule has 0 aliphatic carbocycles. The standard InChI is InChI=1S/C13H16O2S/c1-2-13(14)15-10-6-7-11-16-12-8-4-3-5-9-12/h2-5,8-9H,1,6-7,10-11H2. The van der Waals surface area contributed by atoms with Crippen LogP contribution >= 0.6 is 11.8 Å². The van der Waals surface area contributed by atoms with Crippen molar-refractivity contribution < 1.29 is 9.53 Å². The number of unbranched alkanes of at least 4 members (excludes halogenated alkanes) is 1. The van der Waals surface area contributed by atoms with Crippen LogP contribution < -0.4 is 0 Å². The number of hydrogen-bond acceptors (Lipinski definition) is 3. The second kappa shape index (κ2) is 7.99. The Morgan fingerprint density at radius 2 is 2.06 bits per heavy atom. The minimum atomic E-state index is -0.337. The van der Waals surface area contributed by atoms with E-state index in [4.69, 9.17) is 4.74 Å². The average Bonchev–Trinajstić information content (AvgIpc) is 2.34. The van der Waals surface area contributed by atoms with Gasteiger partial charge in [0, 0.05) is 11.0 Å². The van der Waals surface area contributed by atoms with Gasteiger partial charge in [-0.3, -0.25) is 0 Å². The van der Waals surface area contributed by atoms with Crippen LogP contribution in [0.15, 0.2) is 47.9 Å². The highest BCUT2D eigenvalue weighted by atomic mass is 32.2. The molecule has 2 nitrogen and oxygen atoms in total. The minimum Gasteiger partial charge on any atom is -0.463 e. The number of thioether (sulfide) groups is 1. The number of benzene rings is 1. The molecular weight excluding hydrogens is 220 g/mol. The van der Waals surface area contributed by atoms with Crippen molar-refractivity contribution in [2.45, 2.75) is 17.7 Å². The van der Waals surface area contributed by atoms with E-state index in [1.807, 2.05) is 30.0 Å². The quantitative estimate of drug-likeness (QED) is 0.314. The van der Waals surface area contributed by atoms with E-state index >= 15 is 0 Å². The molecule has 3 heteroatoms. The molecule has 1 rings (SSSR count). The Hall–Kier alpha value is -1.22. The smallest absolute Gasteiger partial charge is 0.330 e. The fraction of sp³-hybridized carbons (Fsp3) is 0.308. The van der Waals surface area contributed by atoms with Gasteiger partial charge in [0.25, 0.3) is 0 Å². The number of ether oxygens (including phenoxy) is 1. The topological polar surface area (TPSA) is 26.3 Å². The van der Waals surface area contributed by atoms with Crippen molar-refractivity contribution in [3.8, 4) is 0 Å². The number of carbonyl (C=O) groups is 1. The molecule has 86 valence electrons. The zero-order valence-electron chi connectivity index (χ0n) is 9.22. The second-order valence-corrected chi connectivity index (χ2v) is 4.41. The van der Waals surface area contributed by atoms with Crippen LogP contribution in [0.5, 0.6) is 0 Å². The maximum absolute atomic E-state index is 10.7. The molecule has 0 fully saturated rings. The van der Waals surface area contributed by atoms with Crippen LogP contribution in [-0.2, 0) is 9.53 Å². The van der Waals surface area contributed by atoms with Gasteiger partial charge in [0.05, 0.1) is 6.61 Å². The van der Waals surface area contributed by atoms with E-state index < -0.39 is 0 Å². The maximum atomic E-state index is 10.7. The van der Waals surface area contributed by atoms with Gasteiger partial charge in [-0.25, -0.2) is 4.79 Å². The van der Waals surface area contributed by atoms with Gasteiger partial charge in [-0.05, 0) is 30.7 Å². The Morgan fingerprint density at radius 3 is 2.75 bits per heavy atom. The highest BCUT2D eigenvalue weighted by Gasteiger charge is 1.96. The minimum absolute atomic E-state index is 0.337. The Morgan fingerprint density at radius 1 is 1.31 bits per heavy atom. The molecular formula is C13H16O2S. The summed E-state index contributed by atoms with van der Waals surface area (Å²) in [5.41, 5.74) is 0. The lowest BCUT2D eigenvalue weighted by atomic mass is 10.4. The molecule has 0 spiro atoms. The molecule has 0 aliphatic heterocycles. The van der Waals surface area contributed by atoms with E-state index in [0.29, 0.717) is 6.61 Å². The molecule has 0 bridgehead atoms. The van der Waals surface area contributed by atoms with Crippen molar-refractivity contribution >= 4 is 17.7 Å². The van der Waals surface area contributed by atoms with E-state index in [-0.39, 0.29) is 5.97 Å². The number of rotatable bonds is 7. The van der Waals surface area contributed by atoms with E-state index in [2.05, 4.69) is 18.7 Å². The summed E-state index contributed by atoms with van der Waals surface area (Å²) in [5.74, 6) is 0.714. The molecule has 0 radical (unpaired) electrons. The third-order valence-electron chi connectivity index (χ3n) is 1.96. The van der Waals surface area contributed by atoms with Gasteiger partial charge < -0.3 is 4.74 Å². The summed E-state index contributed by atoms with van der Waals surface area (Å²) in [6.07, 6.45) is 3.14. The molecule has 0 atom stereocenters. The Balaban J connectivity index is 2.00. The second-order valence-electron chi connectivity index (χ2n) is 3.24. The van der Waals surface area contributed by atoms with Gasteiger partial charge in [-0.1, -0.05) is 24.8 Å². The third kappa shape index (κ3) is 5.61. The van der Waals surface area contributed by atoms with Gasteiger partial charge in [-0.15, -0.1) is 11.8 Å². The largest absolute Gasteiger partial charge is 0.463 e. The molecule has 1 aromatic rings. The number of carbonyl (C=O) groups excluding carboxylic acids is 1. The average molecular weight is 236 g/mol. The molecule has 0 N–H and O–H groups in total. The predicted molar refractivity (Wildman–Crippen MR) is 67.6 cm³/mol. The summed E-state index contributed by atoms with van der Waals surface area (Å²) in [7, 11) is 0. The monoisotopic (exact) mass is 236 g/mol. The highest BCUT2D eigenvalue weighted by molar-refractivity contribution is 7.99. The maximum Gasteiger partial charge on any atom is 0.330 e. The Labute approximate surface area is 101 Å². The van der Waals surface area contributed by atoms with Crippen LogP contribution in [-0.4, -0.2) is 18.3 Å². The molecule has 0 aromatic heterocycles. The van der Waals surface area contributed by atoms with Crippen LogP contribution in [0.25, 0.3) is 0 Å². The highest BCUT2D eigenvalue weighted by Crippen LogP contribution is 2.18. The van der Waals surface area contributed by atoms with Crippen molar-refractivity contribution in [2.24, 2.45) is 0 Å². The zero-order valence-corrected chi connectivity index (χ0v) is 10.0. The van der Waals surface area contributed by atoms with Gasteiger partial charge in [0.1, 0.15) is 0 Å². The molecule has 0 heterocycles. The molecule has 1 aromatic carbocycles. The Kier molecular flexibility index (Phi) is 6.42. The molecule has 16 heavy (non-hydrogen) atoms. The summed E-state index contributed by atoms with van der Waals surface area (Å²) in [5, 5.41) is 0. The predicted octanol–water partition coefficient (Wildman–Crippen LogP) is 3.29. The van der Waals surface area contributed by atoms with Crippen molar-refractivity contribution in [2.75, 3.05) is 12.4 Å². The van der Waals surface area contributed by atoms with Gasteiger partial charge in [0.2, 0.25) is 0 Å². The molecule has 0 amide bonds. The van der Waals surface area contributed by atoms with Crippen LogP contribution in [0.1, 0.15) is 12.8 Å². The van der Waals surface area contributed by atoms with Crippen LogP contribution in [0.3, 0.4) is 0 Å². The van der Waals surface area contributed by atoms with Crippen molar-refractivity contribution in [1.82, 2.24) is 0 Å². The summed E-state index contributed by atoms with van der Waals surface area (Å²) in [4.78, 5) is 12.0. The lowest BCUT2D eigenvalue weighted by Gasteiger charge is -2.02. The van der Waals surface area contributed by atoms with Crippen LogP contribution in [0, 0.1) is 0 Å². The van der Waals surface area contributed by atoms with Gasteiger partial charge in [-0.2, -0.15) is 0 Å². The summed E-state index contributed by atoms with van der Waals surface area (Å²) >= 11 is 1.82. The summed E-state index contributed by atoms with van der Waals surface area (Å²) < 4.78 is 4.88. The molecule has 0 saturated heterocycles. The normalized spacial score (nSPS) is 9.75. The third-order valence-corrected chi connectivity index (χ3v) is 3.06. The van der Waals surface area contributed by atoms with Crippen molar-refractivity contribution in [3.05, 3.63) is 43.0 Å². The van der Waals surface area contributed by atoms with Crippen LogP contribution in [0.4, 0.5) is 0 Å². The zero-order chi connectivity index (χ0) is 11.6. The fourth-order valence-electron chi connectivity index (χ4n) is 1.14. The van der Waals surface area contributed by atoms with Crippen molar-refractivity contribution in [1.29, 1.82) is 0 Å².